The summed E-state index contributed by atoms with van der Waals surface area (Å²) in [7, 11) is 1.46. The molecule has 0 radical (unpaired) electrons. The molecule has 2 heterocycles. The predicted molar refractivity (Wildman–Crippen MR) is 110 cm³/mol. The molecular weight excluding hydrogens is 415 g/mol. The van der Waals surface area contributed by atoms with Gasteiger partial charge in [0.15, 0.2) is 6.10 Å². The summed E-state index contributed by atoms with van der Waals surface area (Å²) in [6.07, 6.45) is 0.247. The van der Waals surface area contributed by atoms with Crippen molar-refractivity contribution in [3.8, 4) is 5.69 Å². The quantitative estimate of drug-likeness (QED) is 0.510. The standard InChI is InChI=1S/C18H23FN6O4S/c1-29-18(30)20-9-12-10-25(22-21-12)13-2-3-15(14(19)8-13)23-4-6-24(7-5-23)17(28)16(27)11-26/h2-3,8,10,16,26-27H,4-7,9,11H2,1H3,(H,20,30)/t16-/m1/s1. The Kier molecular flexibility index (Phi) is 7.13. The number of benzene rings is 1. The SMILES string of the molecule is COC(=S)NCc1cn(-c2ccc(N3CCN(C(=O)[C@H](O)CO)CC3)c(F)c2)nn1. The van der Waals surface area contributed by atoms with Crippen LogP contribution in [0.5, 0.6) is 0 Å². The zero-order chi connectivity index (χ0) is 21.7. The van der Waals surface area contributed by atoms with Crippen LogP contribution in [-0.2, 0) is 16.1 Å². The highest BCUT2D eigenvalue weighted by Gasteiger charge is 2.26. The third-order valence-electron chi connectivity index (χ3n) is 4.73. The molecule has 1 aliphatic heterocycles. The second-order valence-electron chi connectivity index (χ2n) is 6.65. The number of aliphatic hydroxyl groups excluding tert-OH is 2. The molecule has 2 aromatic rings. The number of piperazine rings is 1. The third kappa shape index (κ3) is 5.01. The smallest absolute Gasteiger partial charge is 0.256 e. The molecule has 1 aliphatic rings. The van der Waals surface area contributed by atoms with Gasteiger partial charge in [-0.15, -0.1) is 5.10 Å². The molecule has 1 saturated heterocycles. The van der Waals surface area contributed by atoms with E-state index in [2.05, 4.69) is 15.6 Å². The van der Waals surface area contributed by atoms with Crippen molar-refractivity contribution in [1.82, 2.24) is 25.2 Å². The number of anilines is 1. The van der Waals surface area contributed by atoms with Crippen LogP contribution in [0.3, 0.4) is 0 Å². The molecule has 1 aromatic carbocycles. The van der Waals surface area contributed by atoms with E-state index in [4.69, 9.17) is 22.1 Å². The van der Waals surface area contributed by atoms with E-state index < -0.39 is 24.4 Å². The van der Waals surface area contributed by atoms with Gasteiger partial charge in [-0.05, 0) is 24.4 Å². The predicted octanol–water partition coefficient (Wildman–Crippen LogP) is -0.571. The van der Waals surface area contributed by atoms with Crippen molar-refractivity contribution < 1.29 is 24.1 Å². The molecule has 3 rings (SSSR count). The van der Waals surface area contributed by atoms with Gasteiger partial charge in [0.2, 0.25) is 0 Å². The fourth-order valence-electron chi connectivity index (χ4n) is 3.09. The largest absolute Gasteiger partial charge is 0.474 e. The van der Waals surface area contributed by atoms with Gasteiger partial charge >= 0.3 is 0 Å². The van der Waals surface area contributed by atoms with Gasteiger partial charge in [0.1, 0.15) is 11.5 Å². The highest BCUT2D eigenvalue weighted by Crippen LogP contribution is 2.23. The first-order valence-electron chi connectivity index (χ1n) is 9.28. The molecule has 3 N–H and O–H groups in total. The van der Waals surface area contributed by atoms with E-state index in [0.717, 1.165) is 0 Å². The number of amides is 1. The van der Waals surface area contributed by atoms with E-state index in [1.165, 1.54) is 22.8 Å². The van der Waals surface area contributed by atoms with Gasteiger partial charge in [0.05, 0.1) is 37.8 Å². The van der Waals surface area contributed by atoms with Crippen LogP contribution in [-0.4, -0.2) is 87.2 Å². The Morgan fingerprint density at radius 1 is 1.37 bits per heavy atom. The zero-order valence-electron chi connectivity index (χ0n) is 16.4. The summed E-state index contributed by atoms with van der Waals surface area (Å²) in [5.41, 5.74) is 1.55. The number of aliphatic hydroxyl groups is 2. The van der Waals surface area contributed by atoms with Gasteiger partial charge in [-0.2, -0.15) is 0 Å². The van der Waals surface area contributed by atoms with Crippen LogP contribution in [0.25, 0.3) is 5.69 Å². The number of nitrogens with zero attached hydrogens (tertiary/aromatic N) is 5. The van der Waals surface area contributed by atoms with E-state index in [9.17, 15) is 14.3 Å². The van der Waals surface area contributed by atoms with Crippen LogP contribution < -0.4 is 10.2 Å². The van der Waals surface area contributed by atoms with E-state index in [1.54, 1.807) is 18.3 Å². The van der Waals surface area contributed by atoms with Crippen LogP contribution in [0.4, 0.5) is 10.1 Å². The molecule has 1 atom stereocenters. The normalized spacial score (nSPS) is 15.1. The van der Waals surface area contributed by atoms with E-state index in [-0.39, 0.29) is 5.17 Å². The summed E-state index contributed by atoms with van der Waals surface area (Å²) >= 11 is 4.90. The Morgan fingerprint density at radius 2 is 2.10 bits per heavy atom. The minimum atomic E-state index is -1.42. The van der Waals surface area contributed by atoms with Crippen LogP contribution in [0.2, 0.25) is 0 Å². The topological polar surface area (TPSA) is 116 Å². The van der Waals surface area contributed by atoms with Gasteiger partial charge in [-0.25, -0.2) is 9.07 Å². The number of hydrogen-bond donors (Lipinski definition) is 3. The first-order valence-corrected chi connectivity index (χ1v) is 9.69. The molecule has 0 spiro atoms. The average molecular weight is 438 g/mol. The lowest BCUT2D eigenvalue weighted by molar-refractivity contribution is -0.142. The first kappa shape index (κ1) is 21.9. The number of halogens is 1. The van der Waals surface area contributed by atoms with Crippen molar-refractivity contribution in [2.75, 3.05) is 44.8 Å². The van der Waals surface area contributed by atoms with Crippen LogP contribution in [0.1, 0.15) is 5.69 Å². The summed E-state index contributed by atoms with van der Waals surface area (Å²) in [6, 6.07) is 4.76. The molecule has 0 unspecified atom stereocenters. The maximum atomic E-state index is 14.8. The number of thiocarbonyl (C=S) groups is 1. The second-order valence-corrected chi connectivity index (χ2v) is 7.02. The maximum Gasteiger partial charge on any atom is 0.256 e. The molecule has 1 amide bonds. The number of carbonyl (C=O) groups is 1. The highest BCUT2D eigenvalue weighted by atomic mass is 32.1. The summed E-state index contributed by atoms with van der Waals surface area (Å²) in [5.74, 6) is -0.936. The maximum absolute atomic E-state index is 14.8. The van der Waals surface area contributed by atoms with Crippen molar-refractivity contribution in [3.63, 3.8) is 0 Å². The molecule has 162 valence electrons. The average Bonchev–Trinajstić information content (AvgIpc) is 3.25. The molecule has 0 saturated carbocycles. The number of nitrogens with one attached hydrogen (secondary N) is 1. The fraction of sp³-hybridized carbons (Fsp3) is 0.444. The minimum Gasteiger partial charge on any atom is -0.474 e. The summed E-state index contributed by atoms with van der Waals surface area (Å²) in [4.78, 5) is 15.2. The lowest BCUT2D eigenvalue weighted by Crippen LogP contribution is -2.52. The van der Waals surface area contributed by atoms with Gasteiger partial charge in [-0.3, -0.25) is 4.79 Å². The summed E-state index contributed by atoms with van der Waals surface area (Å²) in [5, 5.41) is 29.5. The molecule has 10 nitrogen and oxygen atoms in total. The van der Waals surface area contributed by atoms with E-state index in [1.807, 2.05) is 4.90 Å². The van der Waals surface area contributed by atoms with Crippen molar-refractivity contribution in [2.24, 2.45) is 0 Å². The van der Waals surface area contributed by atoms with Gasteiger partial charge in [0.25, 0.3) is 11.1 Å². The number of aromatic nitrogens is 3. The molecule has 30 heavy (non-hydrogen) atoms. The Hall–Kier alpha value is -2.83. The minimum absolute atomic E-state index is 0.243. The van der Waals surface area contributed by atoms with Gasteiger partial charge in [0, 0.05) is 32.2 Å². The molecule has 1 fully saturated rings. The summed E-state index contributed by atoms with van der Waals surface area (Å²) in [6.45, 7) is 1.21. The van der Waals surface area contributed by atoms with Crippen molar-refractivity contribution >= 4 is 29.0 Å². The lowest BCUT2D eigenvalue weighted by Gasteiger charge is -2.36. The highest BCUT2D eigenvalue weighted by molar-refractivity contribution is 7.80. The van der Waals surface area contributed by atoms with E-state index >= 15 is 0 Å². The van der Waals surface area contributed by atoms with Crippen molar-refractivity contribution in [2.45, 2.75) is 12.6 Å². The molecule has 0 bridgehead atoms. The third-order valence-corrected chi connectivity index (χ3v) is 5.04. The van der Waals surface area contributed by atoms with Gasteiger partial charge < -0.3 is 30.1 Å². The lowest BCUT2D eigenvalue weighted by atomic mass is 10.2. The van der Waals surface area contributed by atoms with E-state index in [0.29, 0.717) is 49.8 Å². The Labute approximate surface area is 177 Å². The number of methoxy groups -OCH3 is 1. The van der Waals surface area contributed by atoms with Crippen LogP contribution in [0.15, 0.2) is 24.4 Å². The second kappa shape index (κ2) is 9.78. The molecular formula is C18H23FN6O4S. The Balaban J connectivity index is 1.63. The summed E-state index contributed by atoms with van der Waals surface area (Å²) < 4.78 is 21.1. The number of carbonyl (C=O) groups excluding carboxylic acids is 1. The number of ether oxygens (including phenoxy) is 1. The monoisotopic (exact) mass is 438 g/mol. The molecule has 1 aromatic heterocycles. The van der Waals surface area contributed by atoms with Crippen molar-refractivity contribution in [3.05, 3.63) is 35.9 Å². The molecule has 0 aliphatic carbocycles. The van der Waals surface area contributed by atoms with Crippen LogP contribution >= 0.6 is 12.2 Å². The zero-order valence-corrected chi connectivity index (χ0v) is 17.2. The number of rotatable bonds is 6. The Morgan fingerprint density at radius 3 is 2.73 bits per heavy atom. The van der Waals surface area contributed by atoms with Gasteiger partial charge in [-0.1, -0.05) is 5.21 Å². The molecule has 12 heteroatoms. The van der Waals surface area contributed by atoms with Crippen LogP contribution in [0, 0.1) is 5.82 Å². The Bertz CT molecular complexity index is 903. The first-order chi connectivity index (χ1) is 14.4. The number of hydrogen-bond acceptors (Lipinski definition) is 8. The van der Waals surface area contributed by atoms with Crippen molar-refractivity contribution in [1.29, 1.82) is 0 Å². The fourth-order valence-corrected chi connectivity index (χ4v) is 3.16.